The number of hydrogen-bond donors (Lipinski definition) is 0. The SMILES string of the molecule is CC(C)(C)c1nc2cc(Cl)cnc2n1CCC#N. The van der Waals surface area contributed by atoms with E-state index in [-0.39, 0.29) is 5.41 Å². The molecule has 2 heterocycles. The van der Waals surface area contributed by atoms with Gasteiger partial charge in [-0.2, -0.15) is 5.26 Å². The largest absolute Gasteiger partial charge is 0.311 e. The molecule has 0 aromatic carbocycles. The molecule has 18 heavy (non-hydrogen) atoms. The molecule has 0 aliphatic carbocycles. The van der Waals surface area contributed by atoms with E-state index in [1.54, 1.807) is 6.20 Å². The summed E-state index contributed by atoms with van der Waals surface area (Å²) in [4.78, 5) is 8.93. The highest BCUT2D eigenvalue weighted by Gasteiger charge is 2.23. The van der Waals surface area contributed by atoms with Crippen molar-refractivity contribution in [2.75, 3.05) is 0 Å². The first-order valence-electron chi connectivity index (χ1n) is 5.82. The van der Waals surface area contributed by atoms with Crippen molar-refractivity contribution in [3.8, 4) is 6.07 Å². The van der Waals surface area contributed by atoms with Crippen LogP contribution in [0, 0.1) is 11.3 Å². The lowest BCUT2D eigenvalue weighted by molar-refractivity contribution is 0.505. The van der Waals surface area contributed by atoms with E-state index in [9.17, 15) is 0 Å². The summed E-state index contributed by atoms with van der Waals surface area (Å²) in [6.45, 7) is 6.89. The summed E-state index contributed by atoms with van der Waals surface area (Å²) in [5, 5.41) is 9.33. The third-order valence-electron chi connectivity index (χ3n) is 2.67. The molecule has 0 spiro atoms. The van der Waals surface area contributed by atoms with Crippen molar-refractivity contribution in [2.45, 2.75) is 39.2 Å². The fourth-order valence-electron chi connectivity index (χ4n) is 1.93. The molecule has 5 heteroatoms. The van der Waals surface area contributed by atoms with E-state index in [0.717, 1.165) is 17.0 Å². The number of nitrogens with zero attached hydrogens (tertiary/aromatic N) is 4. The molecule has 0 fully saturated rings. The molecule has 0 N–H and O–H groups in total. The molecule has 0 amide bonds. The van der Waals surface area contributed by atoms with E-state index in [1.807, 2.05) is 10.6 Å². The molecular formula is C13H15ClN4. The Kier molecular flexibility index (Phi) is 3.27. The minimum atomic E-state index is -0.0946. The van der Waals surface area contributed by atoms with Gasteiger partial charge in [0, 0.05) is 18.2 Å². The van der Waals surface area contributed by atoms with Gasteiger partial charge in [0.25, 0.3) is 0 Å². The van der Waals surface area contributed by atoms with Crippen LogP contribution in [0.15, 0.2) is 12.3 Å². The molecule has 2 aromatic rings. The smallest absolute Gasteiger partial charge is 0.160 e. The van der Waals surface area contributed by atoms with Crippen LogP contribution in [0.4, 0.5) is 0 Å². The fourth-order valence-corrected chi connectivity index (χ4v) is 2.08. The third kappa shape index (κ3) is 2.32. The number of fused-ring (bicyclic) bond motifs is 1. The Balaban J connectivity index is 2.65. The van der Waals surface area contributed by atoms with E-state index >= 15 is 0 Å². The molecule has 2 aromatic heterocycles. The van der Waals surface area contributed by atoms with Crippen LogP contribution in [0.1, 0.15) is 33.0 Å². The first-order valence-corrected chi connectivity index (χ1v) is 6.20. The zero-order chi connectivity index (χ0) is 13.3. The van der Waals surface area contributed by atoms with Crippen molar-refractivity contribution in [2.24, 2.45) is 0 Å². The van der Waals surface area contributed by atoms with Gasteiger partial charge >= 0.3 is 0 Å². The van der Waals surface area contributed by atoms with Crippen LogP contribution in [-0.4, -0.2) is 14.5 Å². The van der Waals surface area contributed by atoms with Crippen molar-refractivity contribution in [3.05, 3.63) is 23.1 Å². The lowest BCUT2D eigenvalue weighted by atomic mass is 9.95. The highest BCUT2D eigenvalue weighted by Crippen LogP contribution is 2.26. The molecule has 2 rings (SSSR count). The van der Waals surface area contributed by atoms with Crippen molar-refractivity contribution in [3.63, 3.8) is 0 Å². The van der Waals surface area contributed by atoms with Crippen LogP contribution < -0.4 is 0 Å². The van der Waals surface area contributed by atoms with Gasteiger partial charge in [-0.3, -0.25) is 0 Å². The average molecular weight is 263 g/mol. The first-order chi connectivity index (χ1) is 8.43. The number of aromatic nitrogens is 3. The van der Waals surface area contributed by atoms with E-state index in [0.29, 0.717) is 18.0 Å². The topological polar surface area (TPSA) is 54.5 Å². The Morgan fingerprint density at radius 1 is 1.44 bits per heavy atom. The first kappa shape index (κ1) is 12.8. The molecule has 0 unspecified atom stereocenters. The number of aryl methyl sites for hydroxylation is 1. The van der Waals surface area contributed by atoms with Crippen LogP contribution in [0.5, 0.6) is 0 Å². The van der Waals surface area contributed by atoms with Crippen molar-refractivity contribution in [1.82, 2.24) is 14.5 Å². The molecular weight excluding hydrogens is 248 g/mol. The molecule has 94 valence electrons. The van der Waals surface area contributed by atoms with Crippen LogP contribution in [0.25, 0.3) is 11.2 Å². The summed E-state index contributed by atoms with van der Waals surface area (Å²) >= 11 is 5.93. The zero-order valence-corrected chi connectivity index (χ0v) is 11.5. The fraction of sp³-hybridized carbons (Fsp3) is 0.462. The minimum absolute atomic E-state index is 0.0946. The quantitative estimate of drug-likeness (QED) is 0.834. The molecule has 0 atom stereocenters. The van der Waals surface area contributed by atoms with Gasteiger partial charge in [0.15, 0.2) is 5.65 Å². The van der Waals surface area contributed by atoms with E-state index in [1.165, 1.54) is 0 Å². The van der Waals surface area contributed by atoms with Crippen LogP contribution in [0.3, 0.4) is 0 Å². The maximum Gasteiger partial charge on any atom is 0.160 e. The van der Waals surface area contributed by atoms with Crippen molar-refractivity contribution >= 4 is 22.8 Å². The number of imidazole rings is 1. The number of pyridine rings is 1. The summed E-state index contributed by atoms with van der Waals surface area (Å²) in [7, 11) is 0. The highest BCUT2D eigenvalue weighted by molar-refractivity contribution is 6.31. The Hall–Kier alpha value is -1.60. The van der Waals surface area contributed by atoms with Gasteiger partial charge in [0.05, 0.1) is 17.5 Å². The second-order valence-electron chi connectivity index (χ2n) is 5.24. The number of nitriles is 1. The molecule has 0 radical (unpaired) electrons. The Labute approximate surface area is 111 Å². The number of halogens is 1. The van der Waals surface area contributed by atoms with Gasteiger partial charge in [-0.15, -0.1) is 0 Å². The third-order valence-corrected chi connectivity index (χ3v) is 2.88. The molecule has 0 aliphatic rings. The second-order valence-corrected chi connectivity index (χ2v) is 5.68. The van der Waals surface area contributed by atoms with E-state index in [4.69, 9.17) is 16.9 Å². The number of rotatable bonds is 2. The minimum Gasteiger partial charge on any atom is -0.311 e. The van der Waals surface area contributed by atoms with Crippen LogP contribution >= 0.6 is 11.6 Å². The zero-order valence-electron chi connectivity index (χ0n) is 10.7. The maximum absolute atomic E-state index is 8.75. The van der Waals surface area contributed by atoms with E-state index < -0.39 is 0 Å². The normalized spacial score (nSPS) is 11.7. The summed E-state index contributed by atoms with van der Waals surface area (Å²) in [5.41, 5.74) is 1.48. The van der Waals surface area contributed by atoms with Gasteiger partial charge in [0.2, 0.25) is 0 Å². The lowest BCUT2D eigenvalue weighted by Gasteiger charge is -2.19. The Bertz CT molecular complexity index is 616. The standard InChI is InChI=1S/C13H15ClN4/c1-13(2,3)12-17-10-7-9(14)8-16-11(10)18(12)6-4-5-15/h7-8H,4,6H2,1-3H3. The van der Waals surface area contributed by atoms with Crippen LogP contribution in [0.2, 0.25) is 5.02 Å². The maximum atomic E-state index is 8.75. The van der Waals surface area contributed by atoms with Gasteiger partial charge in [-0.1, -0.05) is 32.4 Å². The van der Waals surface area contributed by atoms with Gasteiger partial charge in [-0.05, 0) is 6.07 Å². The van der Waals surface area contributed by atoms with Gasteiger partial charge < -0.3 is 4.57 Å². The summed E-state index contributed by atoms with van der Waals surface area (Å²) in [6, 6.07) is 3.97. The van der Waals surface area contributed by atoms with Crippen LogP contribution in [-0.2, 0) is 12.0 Å². The lowest BCUT2D eigenvalue weighted by Crippen LogP contribution is -2.19. The average Bonchev–Trinajstić information content (AvgIpc) is 2.63. The Morgan fingerprint density at radius 3 is 2.78 bits per heavy atom. The van der Waals surface area contributed by atoms with Crippen molar-refractivity contribution < 1.29 is 0 Å². The molecule has 0 saturated carbocycles. The predicted octanol–water partition coefficient (Wildman–Crippen LogP) is 3.30. The molecule has 0 bridgehead atoms. The summed E-state index contributed by atoms with van der Waals surface area (Å²) in [6.07, 6.45) is 2.06. The van der Waals surface area contributed by atoms with E-state index in [2.05, 4.69) is 36.8 Å². The summed E-state index contributed by atoms with van der Waals surface area (Å²) in [5.74, 6) is 0.933. The molecule has 4 nitrogen and oxygen atoms in total. The molecule has 0 saturated heterocycles. The summed E-state index contributed by atoms with van der Waals surface area (Å²) < 4.78 is 2.01. The predicted molar refractivity (Wildman–Crippen MR) is 71.5 cm³/mol. The number of hydrogen-bond acceptors (Lipinski definition) is 3. The van der Waals surface area contributed by atoms with Gasteiger partial charge in [-0.25, -0.2) is 9.97 Å². The molecule has 0 aliphatic heterocycles. The van der Waals surface area contributed by atoms with Crippen molar-refractivity contribution in [1.29, 1.82) is 5.26 Å². The van der Waals surface area contributed by atoms with Gasteiger partial charge in [0.1, 0.15) is 11.3 Å². The Morgan fingerprint density at radius 2 is 2.17 bits per heavy atom. The second kappa shape index (κ2) is 4.58. The monoisotopic (exact) mass is 262 g/mol. The highest BCUT2D eigenvalue weighted by atomic mass is 35.5.